The number of benzene rings is 1. The van der Waals surface area contributed by atoms with Gasteiger partial charge < -0.3 is 24.8 Å². The van der Waals surface area contributed by atoms with Gasteiger partial charge in [-0.15, -0.1) is 24.0 Å². The van der Waals surface area contributed by atoms with Crippen LogP contribution in [0, 0.1) is 0 Å². The third kappa shape index (κ3) is 6.96. The molecule has 0 bridgehead atoms. The molecule has 0 saturated carbocycles. The summed E-state index contributed by atoms with van der Waals surface area (Å²) in [6.45, 7) is 7.41. The summed E-state index contributed by atoms with van der Waals surface area (Å²) in [5.41, 5.74) is 1.24. The number of aliphatic imine (C=N–C) groups is 1. The van der Waals surface area contributed by atoms with Crippen molar-refractivity contribution >= 4 is 35.8 Å². The average molecular weight is 538 g/mol. The molecule has 0 radical (unpaired) electrons. The van der Waals surface area contributed by atoms with Gasteiger partial charge in [0.15, 0.2) is 5.96 Å². The van der Waals surface area contributed by atoms with Crippen LogP contribution >= 0.6 is 24.0 Å². The van der Waals surface area contributed by atoms with Gasteiger partial charge >= 0.3 is 0 Å². The van der Waals surface area contributed by atoms with Gasteiger partial charge in [0.05, 0.1) is 19.7 Å². The molecule has 0 spiro atoms. The molecule has 31 heavy (non-hydrogen) atoms. The van der Waals surface area contributed by atoms with E-state index in [0.717, 1.165) is 50.3 Å². The second kappa shape index (κ2) is 12.7. The van der Waals surface area contributed by atoms with Crippen molar-refractivity contribution in [3.8, 4) is 5.75 Å². The number of nitrogens with zero attached hydrogens (tertiary/aromatic N) is 5. The predicted octanol–water partition coefficient (Wildman–Crippen LogP) is 3.10. The lowest BCUT2D eigenvalue weighted by molar-refractivity contribution is 0.303. The van der Waals surface area contributed by atoms with Gasteiger partial charge in [0.2, 0.25) is 0 Å². The number of pyridine rings is 1. The van der Waals surface area contributed by atoms with E-state index in [9.17, 15) is 0 Å². The maximum Gasteiger partial charge on any atom is 0.194 e. The topological polar surface area (TPSA) is 56.2 Å². The first-order valence-electron chi connectivity index (χ1n) is 10.6. The Balaban J connectivity index is 0.00000341. The number of rotatable bonds is 7. The summed E-state index contributed by atoms with van der Waals surface area (Å²) in [6.07, 6.45) is 1.85. The molecule has 1 unspecified atom stereocenters. The normalized spacial score (nSPS) is 15.5. The summed E-state index contributed by atoms with van der Waals surface area (Å²) < 4.78 is 5.29. The number of anilines is 1. The van der Waals surface area contributed by atoms with Gasteiger partial charge in [0.25, 0.3) is 0 Å². The van der Waals surface area contributed by atoms with Crippen LogP contribution in [0.15, 0.2) is 53.7 Å². The highest BCUT2D eigenvalue weighted by Gasteiger charge is 2.21. The molecule has 0 amide bonds. The zero-order valence-electron chi connectivity index (χ0n) is 19.0. The molecule has 1 N–H and O–H groups in total. The van der Waals surface area contributed by atoms with E-state index in [2.05, 4.69) is 64.2 Å². The molecule has 3 rings (SSSR count). The van der Waals surface area contributed by atoms with Crippen molar-refractivity contribution in [3.63, 3.8) is 0 Å². The SMILES string of the molecule is CCNC(=NCC(c1ccc(OC)cc1)N(C)C)N1CCN(c2ccccn2)CC1.I. The van der Waals surface area contributed by atoms with E-state index >= 15 is 0 Å². The monoisotopic (exact) mass is 538 g/mol. The zero-order chi connectivity index (χ0) is 21.3. The second-order valence-electron chi connectivity index (χ2n) is 7.61. The van der Waals surface area contributed by atoms with Gasteiger partial charge in [-0.3, -0.25) is 4.99 Å². The standard InChI is InChI=1S/C23H34N6O.HI/c1-5-24-23(29-16-14-28(15-17-29)22-8-6-7-13-25-22)26-18-21(27(2)3)19-9-11-20(30-4)12-10-19;/h6-13,21H,5,14-18H2,1-4H3,(H,24,26);1H. The molecule has 1 aromatic carbocycles. The largest absolute Gasteiger partial charge is 0.497 e. The van der Waals surface area contributed by atoms with Gasteiger partial charge in [-0.2, -0.15) is 0 Å². The summed E-state index contributed by atoms with van der Waals surface area (Å²) >= 11 is 0. The van der Waals surface area contributed by atoms with Crippen LogP contribution in [0.5, 0.6) is 5.75 Å². The highest BCUT2D eigenvalue weighted by molar-refractivity contribution is 14.0. The molecule has 1 fully saturated rings. The number of likely N-dealkylation sites (N-methyl/N-ethyl adjacent to an activating group) is 1. The predicted molar refractivity (Wildman–Crippen MR) is 139 cm³/mol. The Labute approximate surface area is 203 Å². The lowest BCUT2D eigenvalue weighted by Gasteiger charge is -2.37. The Morgan fingerprint density at radius 3 is 2.39 bits per heavy atom. The van der Waals surface area contributed by atoms with Gasteiger partial charge in [-0.05, 0) is 50.8 Å². The fourth-order valence-corrected chi connectivity index (χ4v) is 3.68. The molecule has 1 atom stereocenters. The molecule has 8 heteroatoms. The molecule has 1 aromatic heterocycles. The first-order valence-corrected chi connectivity index (χ1v) is 10.6. The van der Waals surface area contributed by atoms with Crippen LogP contribution in [0.25, 0.3) is 0 Å². The first-order chi connectivity index (χ1) is 14.6. The number of piperazine rings is 1. The van der Waals surface area contributed by atoms with Crippen LogP contribution in [-0.4, -0.2) is 81.2 Å². The third-order valence-corrected chi connectivity index (χ3v) is 5.43. The number of hydrogen-bond acceptors (Lipinski definition) is 5. The van der Waals surface area contributed by atoms with E-state index in [1.165, 1.54) is 5.56 Å². The van der Waals surface area contributed by atoms with Crippen molar-refractivity contribution in [1.82, 2.24) is 20.1 Å². The quantitative estimate of drug-likeness (QED) is 0.332. The Hall–Kier alpha value is -2.07. The van der Waals surface area contributed by atoms with Crippen LogP contribution in [0.2, 0.25) is 0 Å². The number of nitrogens with one attached hydrogen (secondary N) is 1. The Morgan fingerprint density at radius 2 is 1.84 bits per heavy atom. The summed E-state index contributed by atoms with van der Waals surface area (Å²) in [5.74, 6) is 2.91. The smallest absolute Gasteiger partial charge is 0.194 e. The van der Waals surface area contributed by atoms with Gasteiger partial charge in [-0.25, -0.2) is 4.98 Å². The van der Waals surface area contributed by atoms with E-state index in [-0.39, 0.29) is 30.0 Å². The number of hydrogen-bond donors (Lipinski definition) is 1. The van der Waals surface area contributed by atoms with Gasteiger partial charge in [0.1, 0.15) is 11.6 Å². The number of aromatic nitrogens is 1. The van der Waals surface area contributed by atoms with E-state index in [1.54, 1.807) is 7.11 Å². The summed E-state index contributed by atoms with van der Waals surface area (Å²) in [6, 6.07) is 14.6. The maximum atomic E-state index is 5.29. The summed E-state index contributed by atoms with van der Waals surface area (Å²) in [7, 11) is 5.89. The molecule has 0 aliphatic carbocycles. The minimum atomic E-state index is 0. The fourth-order valence-electron chi connectivity index (χ4n) is 3.68. The Kier molecular flexibility index (Phi) is 10.3. The molecule has 1 aliphatic rings. The van der Waals surface area contributed by atoms with Crippen molar-refractivity contribution in [3.05, 3.63) is 54.2 Å². The van der Waals surface area contributed by atoms with E-state index in [1.807, 2.05) is 30.5 Å². The molecule has 7 nitrogen and oxygen atoms in total. The van der Waals surface area contributed by atoms with Crippen molar-refractivity contribution in [1.29, 1.82) is 0 Å². The van der Waals surface area contributed by atoms with E-state index in [0.29, 0.717) is 6.54 Å². The van der Waals surface area contributed by atoms with Crippen LogP contribution in [0.4, 0.5) is 5.82 Å². The zero-order valence-corrected chi connectivity index (χ0v) is 21.3. The number of halogens is 1. The van der Waals surface area contributed by atoms with Crippen molar-refractivity contribution < 1.29 is 4.74 Å². The van der Waals surface area contributed by atoms with Gasteiger partial charge in [-0.1, -0.05) is 18.2 Å². The molecule has 1 saturated heterocycles. The lowest BCUT2D eigenvalue weighted by Crippen LogP contribution is -2.53. The summed E-state index contributed by atoms with van der Waals surface area (Å²) in [4.78, 5) is 16.4. The minimum Gasteiger partial charge on any atom is -0.497 e. The van der Waals surface area contributed by atoms with Crippen molar-refractivity contribution in [2.75, 3.05) is 65.4 Å². The molecule has 2 heterocycles. The minimum absolute atomic E-state index is 0. The van der Waals surface area contributed by atoms with Gasteiger partial charge in [0, 0.05) is 38.9 Å². The molecule has 1 aliphatic heterocycles. The third-order valence-electron chi connectivity index (χ3n) is 5.43. The highest BCUT2D eigenvalue weighted by atomic mass is 127. The number of methoxy groups -OCH3 is 1. The molecular weight excluding hydrogens is 503 g/mol. The Bertz CT molecular complexity index is 791. The van der Waals surface area contributed by atoms with Crippen LogP contribution < -0.4 is 15.0 Å². The molecular formula is C23H35IN6O. The molecule has 170 valence electrons. The lowest BCUT2D eigenvalue weighted by atomic mass is 10.1. The van der Waals surface area contributed by atoms with E-state index < -0.39 is 0 Å². The maximum absolute atomic E-state index is 5.29. The van der Waals surface area contributed by atoms with Crippen LogP contribution in [0.3, 0.4) is 0 Å². The number of guanidine groups is 1. The second-order valence-corrected chi connectivity index (χ2v) is 7.61. The average Bonchev–Trinajstić information content (AvgIpc) is 2.79. The molecule has 2 aromatic rings. The summed E-state index contributed by atoms with van der Waals surface area (Å²) in [5, 5.41) is 3.47. The van der Waals surface area contributed by atoms with Crippen LogP contribution in [0.1, 0.15) is 18.5 Å². The Morgan fingerprint density at radius 1 is 1.13 bits per heavy atom. The first kappa shape index (κ1) is 25.2. The van der Waals surface area contributed by atoms with E-state index in [4.69, 9.17) is 9.73 Å². The fraction of sp³-hybridized carbons (Fsp3) is 0.478. The number of ether oxygens (including phenoxy) is 1. The van der Waals surface area contributed by atoms with Crippen molar-refractivity contribution in [2.45, 2.75) is 13.0 Å². The van der Waals surface area contributed by atoms with Crippen LogP contribution in [-0.2, 0) is 0 Å². The highest BCUT2D eigenvalue weighted by Crippen LogP contribution is 2.22. The van der Waals surface area contributed by atoms with Crippen molar-refractivity contribution in [2.24, 2.45) is 4.99 Å².